The smallest absolute Gasteiger partial charge is 0.305 e. The Morgan fingerprint density at radius 2 is 1.38 bits per heavy atom. The number of carboxylic acids is 1. The maximum atomic E-state index is 13.7. The molecule has 0 aromatic heterocycles. The maximum Gasteiger partial charge on any atom is 0.305 e. The second-order valence-electron chi connectivity index (χ2n) is 11.0. The standard InChI is InChI=1S/C30H45N9O8/c1-2-23(40)33-13-7-6-11-20-27(45)37-19(12-8-14-34-30(31)32)26(44)35-17-24(41)36-22(16-25(42)43)29(47)39-21(28(46)38-20)15-18-9-4-3-5-10-18/h3-5,9-10,19-22H,2,6-8,11-17H2,1H3,(H,33,40)(H,35,44)(H,36,41)(H,37,45)(H,38,46)(H,39,47)(H,42,43)(H4,31,32,34)/t19-,20+,21-,22-/m0/s1. The monoisotopic (exact) mass is 659 g/mol. The second-order valence-corrected chi connectivity index (χ2v) is 11.0. The van der Waals surface area contributed by atoms with E-state index in [1.54, 1.807) is 37.3 Å². The van der Waals surface area contributed by atoms with Gasteiger partial charge in [0.15, 0.2) is 5.96 Å². The first-order valence-electron chi connectivity index (χ1n) is 15.5. The normalized spacial score (nSPS) is 21.0. The molecule has 1 fully saturated rings. The van der Waals surface area contributed by atoms with Gasteiger partial charge in [0.1, 0.15) is 24.2 Å². The SMILES string of the molecule is CCC(=O)NCCCC[C@H]1NC(=O)[C@H](Cc2ccccc2)NC(=O)[C@H](CC(=O)O)NC(=O)CNC(=O)[C@H](CCCNC(=N)N)NC1=O. The highest BCUT2D eigenvalue weighted by Gasteiger charge is 2.33. The molecule has 17 nitrogen and oxygen atoms in total. The number of aliphatic carboxylic acids is 1. The van der Waals surface area contributed by atoms with Gasteiger partial charge in [-0.3, -0.25) is 39.0 Å². The van der Waals surface area contributed by atoms with Crippen LogP contribution in [-0.2, 0) is 40.0 Å². The van der Waals surface area contributed by atoms with Crippen molar-refractivity contribution in [2.24, 2.45) is 5.73 Å². The van der Waals surface area contributed by atoms with Crippen LogP contribution in [0.5, 0.6) is 0 Å². The van der Waals surface area contributed by atoms with Crippen LogP contribution in [0.2, 0.25) is 0 Å². The Morgan fingerprint density at radius 3 is 2.02 bits per heavy atom. The van der Waals surface area contributed by atoms with E-state index < -0.39 is 72.6 Å². The third-order valence-corrected chi connectivity index (χ3v) is 7.18. The molecular weight excluding hydrogens is 614 g/mol. The average molecular weight is 660 g/mol. The van der Waals surface area contributed by atoms with Crippen molar-refractivity contribution in [3.63, 3.8) is 0 Å². The number of benzene rings is 1. The topological polar surface area (TPSA) is 274 Å². The molecular formula is C30H45N9O8. The molecule has 4 atom stereocenters. The fourth-order valence-corrected chi connectivity index (χ4v) is 4.69. The lowest BCUT2D eigenvalue weighted by atomic mass is 10.0. The molecule has 6 amide bonds. The molecule has 11 N–H and O–H groups in total. The van der Waals surface area contributed by atoms with Gasteiger partial charge in [-0.05, 0) is 37.7 Å². The molecule has 0 radical (unpaired) electrons. The first-order valence-corrected chi connectivity index (χ1v) is 15.5. The summed E-state index contributed by atoms with van der Waals surface area (Å²) in [6.07, 6.45) is 0.863. The molecule has 0 saturated carbocycles. The van der Waals surface area contributed by atoms with Gasteiger partial charge in [-0.2, -0.15) is 0 Å². The minimum Gasteiger partial charge on any atom is -0.481 e. The molecule has 1 aliphatic heterocycles. The van der Waals surface area contributed by atoms with Crippen molar-refractivity contribution in [1.29, 1.82) is 5.41 Å². The van der Waals surface area contributed by atoms with E-state index in [0.29, 0.717) is 31.4 Å². The van der Waals surface area contributed by atoms with Gasteiger partial charge in [-0.15, -0.1) is 0 Å². The fourth-order valence-electron chi connectivity index (χ4n) is 4.69. The summed E-state index contributed by atoms with van der Waals surface area (Å²) in [4.78, 5) is 89.5. The summed E-state index contributed by atoms with van der Waals surface area (Å²) in [6.45, 7) is 1.65. The van der Waals surface area contributed by atoms with Gasteiger partial charge in [-0.1, -0.05) is 37.3 Å². The summed E-state index contributed by atoms with van der Waals surface area (Å²) in [6, 6.07) is 3.52. The molecule has 47 heavy (non-hydrogen) atoms. The van der Waals surface area contributed by atoms with Gasteiger partial charge < -0.3 is 48.1 Å². The zero-order valence-corrected chi connectivity index (χ0v) is 26.4. The second kappa shape index (κ2) is 20.0. The molecule has 258 valence electrons. The number of guanidine groups is 1. The Kier molecular flexibility index (Phi) is 16.2. The number of nitrogens with two attached hydrogens (primary N) is 1. The lowest BCUT2D eigenvalue weighted by molar-refractivity contribution is -0.141. The first kappa shape index (κ1) is 38.0. The molecule has 1 aromatic carbocycles. The van der Waals surface area contributed by atoms with Crippen molar-refractivity contribution >= 4 is 47.4 Å². The van der Waals surface area contributed by atoms with Crippen LogP contribution >= 0.6 is 0 Å². The highest BCUT2D eigenvalue weighted by molar-refractivity contribution is 5.98. The quantitative estimate of drug-likeness (QED) is 0.0581. The lowest BCUT2D eigenvalue weighted by Gasteiger charge is -2.26. The number of nitrogens with one attached hydrogen (secondary N) is 8. The number of amides is 6. The van der Waals surface area contributed by atoms with E-state index in [1.165, 1.54) is 0 Å². The molecule has 0 aliphatic carbocycles. The summed E-state index contributed by atoms with van der Waals surface area (Å²) >= 11 is 0. The van der Waals surface area contributed by atoms with Crippen molar-refractivity contribution in [1.82, 2.24) is 37.2 Å². The molecule has 0 unspecified atom stereocenters. The van der Waals surface area contributed by atoms with Crippen LogP contribution in [-0.4, -0.2) is 96.3 Å². The highest BCUT2D eigenvalue weighted by Crippen LogP contribution is 2.09. The summed E-state index contributed by atoms with van der Waals surface area (Å²) in [5.74, 6) is -5.78. The zero-order valence-electron chi connectivity index (χ0n) is 26.4. The summed E-state index contributed by atoms with van der Waals surface area (Å²) in [5, 5.41) is 34.6. The Morgan fingerprint density at radius 1 is 0.809 bits per heavy atom. The highest BCUT2D eigenvalue weighted by atomic mass is 16.4. The minimum absolute atomic E-state index is 0.0185. The van der Waals surface area contributed by atoms with Crippen LogP contribution in [0.4, 0.5) is 0 Å². The first-order chi connectivity index (χ1) is 22.4. The molecule has 2 rings (SSSR count). The Labute approximate surface area is 272 Å². The summed E-state index contributed by atoms with van der Waals surface area (Å²) in [7, 11) is 0. The largest absolute Gasteiger partial charge is 0.481 e. The lowest BCUT2D eigenvalue weighted by Crippen LogP contribution is -2.58. The Hall–Kier alpha value is -5.22. The van der Waals surface area contributed by atoms with E-state index in [-0.39, 0.29) is 44.1 Å². The third-order valence-electron chi connectivity index (χ3n) is 7.18. The fraction of sp³-hybridized carbons (Fsp3) is 0.533. The number of carbonyl (C=O) groups excluding carboxylic acids is 6. The summed E-state index contributed by atoms with van der Waals surface area (Å²) in [5.41, 5.74) is 5.98. The van der Waals surface area contributed by atoms with E-state index in [4.69, 9.17) is 11.1 Å². The van der Waals surface area contributed by atoms with Gasteiger partial charge in [0.2, 0.25) is 35.4 Å². The van der Waals surface area contributed by atoms with Crippen molar-refractivity contribution in [2.75, 3.05) is 19.6 Å². The van der Waals surface area contributed by atoms with Crippen LogP contribution in [0.1, 0.15) is 57.4 Å². The number of carboxylic acid groups (broad SMARTS) is 1. The van der Waals surface area contributed by atoms with Crippen molar-refractivity contribution in [3.05, 3.63) is 35.9 Å². The Balaban J connectivity index is 2.41. The predicted octanol–water partition coefficient (Wildman–Crippen LogP) is -2.27. The van der Waals surface area contributed by atoms with E-state index in [9.17, 15) is 38.7 Å². The van der Waals surface area contributed by atoms with Crippen LogP contribution in [0.3, 0.4) is 0 Å². The Bertz CT molecular complexity index is 1280. The number of carbonyl (C=O) groups is 7. The average Bonchev–Trinajstić information content (AvgIpc) is 3.03. The molecule has 1 aromatic rings. The van der Waals surface area contributed by atoms with E-state index in [0.717, 1.165) is 0 Å². The van der Waals surface area contributed by atoms with Gasteiger partial charge in [0, 0.05) is 25.9 Å². The molecule has 1 heterocycles. The number of hydrogen-bond donors (Lipinski definition) is 10. The van der Waals surface area contributed by atoms with E-state index in [1.807, 2.05) is 0 Å². The van der Waals surface area contributed by atoms with E-state index >= 15 is 0 Å². The van der Waals surface area contributed by atoms with Gasteiger partial charge in [-0.25, -0.2) is 0 Å². The number of hydrogen-bond acceptors (Lipinski definition) is 8. The molecule has 1 saturated heterocycles. The van der Waals surface area contributed by atoms with E-state index in [2.05, 4.69) is 37.2 Å². The van der Waals surface area contributed by atoms with Crippen LogP contribution in [0.25, 0.3) is 0 Å². The van der Waals surface area contributed by atoms with Crippen LogP contribution < -0.4 is 43.0 Å². The molecule has 17 heteroatoms. The minimum atomic E-state index is -1.57. The molecule has 0 bridgehead atoms. The summed E-state index contributed by atoms with van der Waals surface area (Å²) < 4.78 is 0. The van der Waals surface area contributed by atoms with Crippen LogP contribution in [0, 0.1) is 5.41 Å². The number of unbranched alkanes of at least 4 members (excludes halogenated alkanes) is 1. The van der Waals surface area contributed by atoms with Crippen LogP contribution in [0.15, 0.2) is 30.3 Å². The molecule has 0 spiro atoms. The van der Waals surface area contributed by atoms with Gasteiger partial charge >= 0.3 is 5.97 Å². The number of rotatable bonds is 14. The third kappa shape index (κ3) is 14.6. The van der Waals surface area contributed by atoms with Gasteiger partial charge in [0.25, 0.3) is 0 Å². The van der Waals surface area contributed by atoms with Gasteiger partial charge in [0.05, 0.1) is 13.0 Å². The molecule has 1 aliphatic rings. The van der Waals surface area contributed by atoms with Crippen molar-refractivity contribution in [2.45, 2.75) is 82.5 Å². The predicted molar refractivity (Wildman–Crippen MR) is 169 cm³/mol. The van der Waals surface area contributed by atoms with Crippen molar-refractivity contribution < 1.29 is 38.7 Å². The maximum absolute atomic E-state index is 13.7. The zero-order chi connectivity index (χ0) is 34.8. The van der Waals surface area contributed by atoms with Crippen molar-refractivity contribution in [3.8, 4) is 0 Å².